The highest BCUT2D eigenvalue weighted by Gasteiger charge is 2.24. The SMILES string of the molecule is CCNCc1ccc(C)c(S(=O)(=O)N(CC)CCOC)c1. The molecule has 0 aromatic heterocycles. The van der Waals surface area contributed by atoms with Gasteiger partial charge in [0.25, 0.3) is 0 Å². The van der Waals surface area contributed by atoms with E-state index in [1.165, 1.54) is 4.31 Å². The molecule has 0 atom stereocenters. The topological polar surface area (TPSA) is 58.6 Å². The van der Waals surface area contributed by atoms with E-state index in [0.29, 0.717) is 31.1 Å². The maximum atomic E-state index is 12.8. The molecule has 0 bridgehead atoms. The molecule has 0 amide bonds. The molecule has 1 N–H and O–H groups in total. The van der Waals surface area contributed by atoms with E-state index >= 15 is 0 Å². The molecule has 21 heavy (non-hydrogen) atoms. The second-order valence-corrected chi connectivity index (χ2v) is 6.78. The van der Waals surface area contributed by atoms with E-state index in [0.717, 1.165) is 17.7 Å². The molecule has 0 aliphatic carbocycles. The van der Waals surface area contributed by atoms with Crippen LogP contribution in [-0.4, -0.2) is 46.1 Å². The fourth-order valence-electron chi connectivity index (χ4n) is 2.08. The lowest BCUT2D eigenvalue weighted by Gasteiger charge is -2.21. The molecule has 0 fully saturated rings. The normalized spacial score (nSPS) is 12.0. The van der Waals surface area contributed by atoms with Crippen LogP contribution in [0.3, 0.4) is 0 Å². The summed E-state index contributed by atoms with van der Waals surface area (Å²) in [6, 6.07) is 5.59. The minimum atomic E-state index is -3.48. The number of rotatable bonds is 9. The smallest absolute Gasteiger partial charge is 0.243 e. The first kappa shape index (κ1) is 18.1. The molecule has 1 aromatic rings. The number of methoxy groups -OCH3 is 1. The maximum absolute atomic E-state index is 12.8. The van der Waals surface area contributed by atoms with Crippen LogP contribution in [0.15, 0.2) is 23.1 Å². The predicted molar refractivity (Wildman–Crippen MR) is 84.9 cm³/mol. The molecule has 0 aliphatic heterocycles. The van der Waals surface area contributed by atoms with Gasteiger partial charge in [0, 0.05) is 26.7 Å². The molecule has 0 spiro atoms. The predicted octanol–water partition coefficient (Wildman–Crippen LogP) is 1.76. The van der Waals surface area contributed by atoms with E-state index in [9.17, 15) is 8.42 Å². The van der Waals surface area contributed by atoms with Crippen LogP contribution in [0.5, 0.6) is 0 Å². The van der Waals surface area contributed by atoms with Gasteiger partial charge in [-0.1, -0.05) is 26.0 Å². The zero-order valence-electron chi connectivity index (χ0n) is 13.3. The molecule has 0 heterocycles. The van der Waals surface area contributed by atoms with Gasteiger partial charge in [-0.2, -0.15) is 4.31 Å². The summed E-state index contributed by atoms with van der Waals surface area (Å²) in [5, 5.41) is 3.21. The van der Waals surface area contributed by atoms with Gasteiger partial charge in [0.15, 0.2) is 0 Å². The second-order valence-electron chi connectivity index (χ2n) is 4.87. The van der Waals surface area contributed by atoms with Gasteiger partial charge in [-0.3, -0.25) is 0 Å². The van der Waals surface area contributed by atoms with Crippen LogP contribution >= 0.6 is 0 Å². The number of sulfonamides is 1. The third-order valence-corrected chi connectivity index (χ3v) is 5.46. The summed E-state index contributed by atoms with van der Waals surface area (Å²) in [6.07, 6.45) is 0. The van der Waals surface area contributed by atoms with Crippen molar-refractivity contribution in [2.75, 3.05) is 33.4 Å². The van der Waals surface area contributed by atoms with E-state index in [4.69, 9.17) is 4.74 Å². The van der Waals surface area contributed by atoms with Crippen molar-refractivity contribution in [3.63, 3.8) is 0 Å². The fraction of sp³-hybridized carbons (Fsp3) is 0.600. The molecule has 6 heteroatoms. The maximum Gasteiger partial charge on any atom is 0.243 e. The summed E-state index contributed by atoms with van der Waals surface area (Å²) in [4.78, 5) is 0.385. The highest BCUT2D eigenvalue weighted by molar-refractivity contribution is 7.89. The minimum absolute atomic E-state index is 0.367. The van der Waals surface area contributed by atoms with Gasteiger partial charge in [0.05, 0.1) is 11.5 Å². The summed E-state index contributed by atoms with van der Waals surface area (Å²) >= 11 is 0. The Morgan fingerprint density at radius 2 is 2.00 bits per heavy atom. The zero-order chi connectivity index (χ0) is 15.9. The Labute approximate surface area is 128 Å². The van der Waals surface area contributed by atoms with E-state index in [2.05, 4.69) is 5.32 Å². The Balaban J connectivity index is 3.10. The average Bonchev–Trinajstić information content (AvgIpc) is 2.46. The summed E-state index contributed by atoms with van der Waals surface area (Å²) in [5.74, 6) is 0. The number of ether oxygens (including phenoxy) is 1. The van der Waals surface area contributed by atoms with Gasteiger partial charge in [-0.25, -0.2) is 8.42 Å². The second kappa shape index (κ2) is 8.48. The Hall–Kier alpha value is -0.950. The number of benzene rings is 1. The van der Waals surface area contributed by atoms with Crippen LogP contribution in [-0.2, 0) is 21.3 Å². The summed E-state index contributed by atoms with van der Waals surface area (Å²) < 4.78 is 32.0. The number of aryl methyl sites for hydroxylation is 1. The zero-order valence-corrected chi connectivity index (χ0v) is 14.2. The Bertz CT molecular complexity index is 544. The van der Waals surface area contributed by atoms with E-state index < -0.39 is 10.0 Å². The van der Waals surface area contributed by atoms with Crippen molar-refractivity contribution in [3.8, 4) is 0 Å². The summed E-state index contributed by atoms with van der Waals surface area (Å²) in [7, 11) is -1.90. The molecule has 0 saturated carbocycles. The first-order chi connectivity index (χ1) is 9.97. The third-order valence-electron chi connectivity index (χ3n) is 3.35. The lowest BCUT2D eigenvalue weighted by molar-refractivity contribution is 0.180. The molecular weight excluding hydrogens is 288 g/mol. The lowest BCUT2D eigenvalue weighted by Crippen LogP contribution is -2.34. The standard InChI is InChI=1S/C15H26N2O3S/c1-5-16-12-14-8-7-13(3)15(11-14)21(18,19)17(6-2)9-10-20-4/h7-8,11,16H,5-6,9-10,12H2,1-4H3. The van der Waals surface area contributed by atoms with E-state index in [1.54, 1.807) is 13.2 Å². The van der Waals surface area contributed by atoms with Gasteiger partial charge < -0.3 is 10.1 Å². The molecule has 1 rings (SSSR count). The van der Waals surface area contributed by atoms with Crippen LogP contribution in [0.2, 0.25) is 0 Å². The number of hydrogen-bond donors (Lipinski definition) is 1. The van der Waals surface area contributed by atoms with Crippen LogP contribution in [0, 0.1) is 6.92 Å². The van der Waals surface area contributed by atoms with Crippen molar-refractivity contribution < 1.29 is 13.2 Å². The number of nitrogens with zero attached hydrogens (tertiary/aromatic N) is 1. The van der Waals surface area contributed by atoms with Gasteiger partial charge in [0.2, 0.25) is 10.0 Å². The minimum Gasteiger partial charge on any atom is -0.383 e. The van der Waals surface area contributed by atoms with Gasteiger partial charge in [0.1, 0.15) is 0 Å². The molecule has 5 nitrogen and oxygen atoms in total. The first-order valence-electron chi connectivity index (χ1n) is 7.26. The first-order valence-corrected chi connectivity index (χ1v) is 8.70. The quantitative estimate of drug-likeness (QED) is 0.754. The summed E-state index contributed by atoms with van der Waals surface area (Å²) in [5.41, 5.74) is 1.75. The Morgan fingerprint density at radius 1 is 1.29 bits per heavy atom. The Morgan fingerprint density at radius 3 is 2.57 bits per heavy atom. The molecule has 0 unspecified atom stereocenters. The highest BCUT2D eigenvalue weighted by Crippen LogP contribution is 2.21. The lowest BCUT2D eigenvalue weighted by atomic mass is 10.1. The number of nitrogens with one attached hydrogen (secondary N) is 1. The van der Waals surface area contributed by atoms with Crippen LogP contribution in [0.1, 0.15) is 25.0 Å². The van der Waals surface area contributed by atoms with Crippen molar-refractivity contribution in [2.24, 2.45) is 0 Å². The van der Waals surface area contributed by atoms with Crippen molar-refractivity contribution in [1.29, 1.82) is 0 Å². The molecule has 120 valence electrons. The number of hydrogen-bond acceptors (Lipinski definition) is 4. The van der Waals surface area contributed by atoms with Crippen LogP contribution in [0.4, 0.5) is 0 Å². The van der Waals surface area contributed by atoms with Crippen LogP contribution in [0.25, 0.3) is 0 Å². The van der Waals surface area contributed by atoms with Crippen molar-refractivity contribution in [3.05, 3.63) is 29.3 Å². The highest BCUT2D eigenvalue weighted by atomic mass is 32.2. The molecule has 0 saturated heterocycles. The summed E-state index contributed by atoms with van der Waals surface area (Å²) in [6.45, 7) is 8.40. The largest absolute Gasteiger partial charge is 0.383 e. The van der Waals surface area contributed by atoms with Crippen LogP contribution < -0.4 is 5.32 Å². The number of likely N-dealkylation sites (N-methyl/N-ethyl adjacent to an activating group) is 1. The molecule has 0 radical (unpaired) electrons. The van der Waals surface area contributed by atoms with Gasteiger partial charge >= 0.3 is 0 Å². The molecule has 1 aromatic carbocycles. The van der Waals surface area contributed by atoms with Gasteiger partial charge in [-0.05, 0) is 30.7 Å². The Kier molecular flexibility index (Phi) is 7.31. The van der Waals surface area contributed by atoms with Crippen molar-refractivity contribution >= 4 is 10.0 Å². The van der Waals surface area contributed by atoms with E-state index in [-0.39, 0.29) is 0 Å². The molecule has 0 aliphatic rings. The average molecular weight is 314 g/mol. The van der Waals surface area contributed by atoms with E-state index in [1.807, 2.05) is 32.9 Å². The van der Waals surface area contributed by atoms with Gasteiger partial charge in [-0.15, -0.1) is 0 Å². The fourth-order valence-corrected chi connectivity index (χ4v) is 3.79. The third kappa shape index (κ3) is 4.78. The molecular formula is C15H26N2O3S. The van der Waals surface area contributed by atoms with Crippen molar-refractivity contribution in [2.45, 2.75) is 32.2 Å². The van der Waals surface area contributed by atoms with Crippen molar-refractivity contribution in [1.82, 2.24) is 9.62 Å². The monoisotopic (exact) mass is 314 g/mol.